The molecular formula is C14H14Bi. The predicted molar refractivity (Wildman–Crippen MR) is 67.4 cm³/mol. The summed E-state index contributed by atoms with van der Waals surface area (Å²) < 4.78 is 3.12. The Balaban J connectivity index is 2.15. The maximum absolute atomic E-state index is 2.28. The molecule has 75 valence electrons. The van der Waals surface area contributed by atoms with Crippen molar-refractivity contribution in [1.82, 2.24) is 0 Å². The molecule has 2 rings (SSSR count). The molecule has 0 N–H and O–H groups in total. The van der Waals surface area contributed by atoms with Gasteiger partial charge in [-0.05, 0) is 0 Å². The quantitative estimate of drug-likeness (QED) is 0.687. The zero-order chi connectivity index (χ0) is 10.7. The van der Waals surface area contributed by atoms with Crippen molar-refractivity contribution < 1.29 is 0 Å². The van der Waals surface area contributed by atoms with Crippen LogP contribution in [0.5, 0.6) is 0 Å². The third-order valence-electron chi connectivity index (χ3n) is 2.33. The molecule has 0 aromatic heterocycles. The van der Waals surface area contributed by atoms with E-state index in [0.29, 0.717) is 0 Å². The van der Waals surface area contributed by atoms with Gasteiger partial charge in [0.1, 0.15) is 0 Å². The average Bonchev–Trinajstić information content (AvgIpc) is 2.25. The molecule has 0 saturated carbocycles. The van der Waals surface area contributed by atoms with Crippen molar-refractivity contribution in [2.75, 3.05) is 0 Å². The van der Waals surface area contributed by atoms with Gasteiger partial charge in [0.15, 0.2) is 0 Å². The molecule has 0 atom stereocenters. The second-order valence-electron chi connectivity index (χ2n) is 3.78. The molecule has 15 heavy (non-hydrogen) atoms. The van der Waals surface area contributed by atoms with Crippen molar-refractivity contribution in [3.05, 3.63) is 59.7 Å². The maximum atomic E-state index is 2.28. The molecule has 0 aliphatic carbocycles. The first-order valence-corrected chi connectivity index (χ1v) is 8.57. The molecule has 1 heteroatoms. The minimum absolute atomic E-state index is 0.654. The van der Waals surface area contributed by atoms with Crippen molar-refractivity contribution in [1.29, 1.82) is 0 Å². The van der Waals surface area contributed by atoms with Gasteiger partial charge in [0.05, 0.1) is 0 Å². The summed E-state index contributed by atoms with van der Waals surface area (Å²) in [6.45, 7) is 4.28. The second kappa shape index (κ2) is 4.90. The van der Waals surface area contributed by atoms with E-state index in [2.05, 4.69) is 62.4 Å². The Bertz CT molecular complexity index is 382. The fraction of sp³-hybridized carbons (Fsp3) is 0.143. The van der Waals surface area contributed by atoms with Crippen LogP contribution in [0.3, 0.4) is 0 Å². The fourth-order valence-corrected chi connectivity index (χ4v) is 4.86. The Labute approximate surface area is 103 Å². The molecule has 0 heterocycles. The van der Waals surface area contributed by atoms with Gasteiger partial charge >= 0.3 is 103 Å². The number of hydrogen-bond donors (Lipinski definition) is 0. The molecule has 0 fully saturated rings. The van der Waals surface area contributed by atoms with Gasteiger partial charge in [-0.25, -0.2) is 0 Å². The van der Waals surface area contributed by atoms with Crippen molar-refractivity contribution in [3.8, 4) is 0 Å². The second-order valence-corrected chi connectivity index (χ2v) is 8.67. The van der Waals surface area contributed by atoms with E-state index in [1.807, 2.05) is 0 Å². The first kappa shape index (κ1) is 10.8. The summed E-state index contributed by atoms with van der Waals surface area (Å²) in [5.41, 5.74) is 2.70. The van der Waals surface area contributed by atoms with Crippen LogP contribution < -0.4 is 6.54 Å². The number of benzene rings is 2. The van der Waals surface area contributed by atoms with Crippen LogP contribution in [-0.2, 0) is 0 Å². The van der Waals surface area contributed by atoms with E-state index in [0.717, 1.165) is 0 Å². The monoisotopic (exact) mass is 391 g/mol. The number of hydrogen-bond acceptors (Lipinski definition) is 0. The molecular weight excluding hydrogens is 377 g/mol. The van der Waals surface area contributed by atoms with Crippen molar-refractivity contribution in [3.63, 3.8) is 0 Å². The summed E-state index contributed by atoms with van der Waals surface area (Å²) in [6, 6.07) is 18.0. The molecule has 0 nitrogen and oxygen atoms in total. The zero-order valence-electron chi connectivity index (χ0n) is 9.07. The Morgan fingerprint density at radius 2 is 0.933 bits per heavy atom. The van der Waals surface area contributed by atoms with Crippen LogP contribution in [0.4, 0.5) is 0 Å². The van der Waals surface area contributed by atoms with Gasteiger partial charge in [-0.15, -0.1) is 0 Å². The van der Waals surface area contributed by atoms with E-state index in [-0.39, 0.29) is 0 Å². The molecule has 0 aliphatic heterocycles. The van der Waals surface area contributed by atoms with Crippen molar-refractivity contribution in [2.45, 2.75) is 13.8 Å². The summed E-state index contributed by atoms with van der Waals surface area (Å²) in [6.07, 6.45) is 0. The summed E-state index contributed by atoms with van der Waals surface area (Å²) in [5, 5.41) is 0. The first-order valence-electron chi connectivity index (χ1n) is 5.09. The van der Waals surface area contributed by atoms with Gasteiger partial charge in [-0.2, -0.15) is 0 Å². The SMILES string of the molecule is Cc1cc[c]([Bi][c]2ccc(C)cc2)cc1. The standard InChI is InChI=1S/2C7H7.Bi/c2*1-7-5-3-2-4-6-7;/h2*3-6H,1H3;. The number of rotatable bonds is 2. The molecule has 2 aromatic carbocycles. The summed E-state index contributed by atoms with van der Waals surface area (Å²) in [7, 11) is 0. The number of aryl methyl sites for hydroxylation is 2. The van der Waals surface area contributed by atoms with Gasteiger partial charge in [-0.1, -0.05) is 0 Å². The van der Waals surface area contributed by atoms with Gasteiger partial charge < -0.3 is 0 Å². The molecule has 1 radical (unpaired) electrons. The van der Waals surface area contributed by atoms with Crippen molar-refractivity contribution >= 4 is 29.8 Å². The van der Waals surface area contributed by atoms with Gasteiger partial charge in [0.25, 0.3) is 0 Å². The molecule has 0 spiro atoms. The Kier molecular flexibility index (Phi) is 3.54. The van der Waals surface area contributed by atoms with Crippen molar-refractivity contribution in [2.24, 2.45) is 0 Å². The molecule has 0 unspecified atom stereocenters. The Morgan fingerprint density at radius 1 is 0.600 bits per heavy atom. The van der Waals surface area contributed by atoms with Gasteiger partial charge in [0, 0.05) is 0 Å². The third kappa shape index (κ3) is 3.14. The minimum atomic E-state index is -0.654. The predicted octanol–water partition coefficient (Wildman–Crippen LogP) is 1.96. The average molecular weight is 391 g/mol. The molecule has 0 amide bonds. The van der Waals surface area contributed by atoms with Gasteiger partial charge in [0.2, 0.25) is 0 Å². The van der Waals surface area contributed by atoms with E-state index in [1.165, 1.54) is 11.1 Å². The van der Waals surface area contributed by atoms with Crippen LogP contribution in [0, 0.1) is 13.8 Å². The first-order chi connectivity index (χ1) is 7.24. The summed E-state index contributed by atoms with van der Waals surface area (Å²) >= 11 is -0.654. The topological polar surface area (TPSA) is 0 Å². The van der Waals surface area contributed by atoms with Crippen LogP contribution in [0.2, 0.25) is 0 Å². The molecule has 0 aliphatic rings. The van der Waals surface area contributed by atoms with Crippen LogP contribution in [-0.4, -0.2) is 23.2 Å². The van der Waals surface area contributed by atoms with E-state index in [1.54, 1.807) is 6.54 Å². The molecule has 0 saturated heterocycles. The van der Waals surface area contributed by atoms with E-state index in [9.17, 15) is 0 Å². The Hall–Kier alpha value is -0.677. The van der Waals surface area contributed by atoms with E-state index in [4.69, 9.17) is 0 Å². The van der Waals surface area contributed by atoms with Gasteiger partial charge in [-0.3, -0.25) is 0 Å². The van der Waals surface area contributed by atoms with Crippen LogP contribution in [0.15, 0.2) is 48.5 Å². The molecule has 2 aromatic rings. The third-order valence-corrected chi connectivity index (χ3v) is 6.65. The normalized spacial score (nSPS) is 10.3. The summed E-state index contributed by atoms with van der Waals surface area (Å²) in [4.78, 5) is 0. The Morgan fingerprint density at radius 3 is 1.27 bits per heavy atom. The van der Waals surface area contributed by atoms with E-state index >= 15 is 0 Å². The van der Waals surface area contributed by atoms with Crippen LogP contribution in [0.25, 0.3) is 0 Å². The zero-order valence-corrected chi connectivity index (χ0v) is 12.5. The van der Waals surface area contributed by atoms with Crippen LogP contribution in [0.1, 0.15) is 11.1 Å². The van der Waals surface area contributed by atoms with Crippen LogP contribution >= 0.6 is 0 Å². The fourth-order valence-electron chi connectivity index (χ4n) is 1.39. The van der Waals surface area contributed by atoms with E-state index < -0.39 is 23.2 Å². The molecule has 0 bridgehead atoms. The summed E-state index contributed by atoms with van der Waals surface area (Å²) in [5.74, 6) is 0.